The van der Waals surface area contributed by atoms with Gasteiger partial charge in [0.25, 0.3) is 0 Å². The van der Waals surface area contributed by atoms with Crippen molar-refractivity contribution < 1.29 is 9.84 Å². The second-order valence-corrected chi connectivity index (χ2v) is 5.83. The smallest absolute Gasteiger partial charge is 0.127 e. The minimum atomic E-state index is -0.564. The Morgan fingerprint density at radius 1 is 1.05 bits per heavy atom. The largest absolute Gasteiger partial charge is 0.491 e. The second-order valence-electron chi connectivity index (χ2n) is 4.83. The number of para-hydroxylation sites is 1. The van der Waals surface area contributed by atoms with Crippen LogP contribution in [-0.4, -0.2) is 33.8 Å². The highest BCUT2D eigenvalue weighted by Crippen LogP contribution is 2.25. The van der Waals surface area contributed by atoms with Gasteiger partial charge in [-0.1, -0.05) is 42.5 Å². The number of aliphatic hydroxyl groups is 1. The molecule has 0 radical (unpaired) electrons. The van der Waals surface area contributed by atoms with E-state index in [1.54, 1.807) is 6.20 Å². The Kier molecular flexibility index (Phi) is 4.88. The molecule has 1 heterocycles. The number of rotatable bonds is 6. The molecule has 112 valence electrons. The van der Waals surface area contributed by atoms with Crippen LogP contribution >= 0.6 is 11.8 Å². The SMILES string of the molecule is O[C@@H](COc1ccccc1)CSc1nncc2ccccc12. The van der Waals surface area contributed by atoms with Gasteiger partial charge in [-0.05, 0) is 12.1 Å². The fourth-order valence-electron chi connectivity index (χ4n) is 2.04. The van der Waals surface area contributed by atoms with Crippen LogP contribution in [0.4, 0.5) is 0 Å². The summed E-state index contributed by atoms with van der Waals surface area (Å²) >= 11 is 1.49. The highest BCUT2D eigenvalue weighted by atomic mass is 32.2. The first-order chi connectivity index (χ1) is 10.8. The van der Waals surface area contributed by atoms with E-state index in [1.807, 2.05) is 54.6 Å². The first kappa shape index (κ1) is 14.8. The summed E-state index contributed by atoms with van der Waals surface area (Å²) in [5.74, 6) is 1.27. The molecule has 0 saturated carbocycles. The van der Waals surface area contributed by atoms with Crippen molar-refractivity contribution in [3.8, 4) is 5.75 Å². The van der Waals surface area contributed by atoms with E-state index in [4.69, 9.17) is 4.74 Å². The van der Waals surface area contributed by atoms with Gasteiger partial charge in [-0.2, -0.15) is 5.10 Å². The molecule has 0 aliphatic heterocycles. The summed E-state index contributed by atoms with van der Waals surface area (Å²) in [5, 5.41) is 21.1. The molecule has 0 fully saturated rings. The predicted octanol–water partition coefficient (Wildman–Crippen LogP) is 3.16. The lowest BCUT2D eigenvalue weighted by Crippen LogP contribution is -2.20. The third-order valence-corrected chi connectivity index (χ3v) is 4.26. The van der Waals surface area contributed by atoms with E-state index in [9.17, 15) is 5.11 Å². The second kappa shape index (κ2) is 7.24. The molecule has 1 aromatic heterocycles. The molecule has 1 N–H and O–H groups in total. The Balaban J connectivity index is 1.57. The van der Waals surface area contributed by atoms with Crippen molar-refractivity contribution in [3.05, 3.63) is 60.8 Å². The molecule has 0 bridgehead atoms. The molecule has 0 aliphatic rings. The summed E-state index contributed by atoms with van der Waals surface area (Å²) < 4.78 is 5.54. The number of aromatic nitrogens is 2. The zero-order valence-corrected chi connectivity index (χ0v) is 12.7. The molecule has 0 amide bonds. The van der Waals surface area contributed by atoms with Gasteiger partial charge in [-0.15, -0.1) is 16.9 Å². The maximum atomic E-state index is 10.0. The van der Waals surface area contributed by atoms with Gasteiger partial charge >= 0.3 is 0 Å². The lowest BCUT2D eigenvalue weighted by Gasteiger charge is -2.12. The van der Waals surface area contributed by atoms with Crippen LogP contribution in [0.15, 0.2) is 65.8 Å². The summed E-state index contributed by atoms with van der Waals surface area (Å²) in [6, 6.07) is 17.4. The summed E-state index contributed by atoms with van der Waals surface area (Å²) in [5.41, 5.74) is 0. The number of hydrogen-bond donors (Lipinski definition) is 1. The molecule has 2 aromatic carbocycles. The standard InChI is InChI=1S/C17H16N2O2S/c20-14(11-21-15-7-2-1-3-8-15)12-22-17-16-9-5-4-6-13(16)10-18-19-17/h1-10,14,20H,11-12H2/t14-/m0/s1. The molecule has 4 nitrogen and oxygen atoms in total. The highest BCUT2D eigenvalue weighted by Gasteiger charge is 2.09. The van der Waals surface area contributed by atoms with Crippen LogP contribution in [0.3, 0.4) is 0 Å². The van der Waals surface area contributed by atoms with Crippen LogP contribution in [0.2, 0.25) is 0 Å². The van der Waals surface area contributed by atoms with Gasteiger partial charge in [-0.25, -0.2) is 0 Å². The van der Waals surface area contributed by atoms with E-state index < -0.39 is 6.10 Å². The number of aliphatic hydroxyl groups excluding tert-OH is 1. The predicted molar refractivity (Wildman–Crippen MR) is 88.2 cm³/mol. The number of nitrogens with zero attached hydrogens (tertiary/aromatic N) is 2. The third kappa shape index (κ3) is 3.75. The zero-order valence-electron chi connectivity index (χ0n) is 11.9. The van der Waals surface area contributed by atoms with Crippen LogP contribution in [0.1, 0.15) is 0 Å². The Morgan fingerprint density at radius 2 is 1.82 bits per heavy atom. The molecular formula is C17H16N2O2S. The topological polar surface area (TPSA) is 55.2 Å². The number of thioether (sulfide) groups is 1. The molecule has 0 aliphatic carbocycles. The molecule has 3 rings (SSSR count). The van der Waals surface area contributed by atoms with Crippen LogP contribution in [0, 0.1) is 0 Å². The summed E-state index contributed by atoms with van der Waals surface area (Å²) in [6.07, 6.45) is 1.18. The van der Waals surface area contributed by atoms with Gasteiger partial charge in [0.1, 0.15) is 17.4 Å². The molecule has 0 spiro atoms. The molecule has 0 unspecified atom stereocenters. The van der Waals surface area contributed by atoms with Crippen molar-refractivity contribution >= 4 is 22.5 Å². The number of fused-ring (bicyclic) bond motifs is 1. The van der Waals surface area contributed by atoms with Gasteiger partial charge in [0.15, 0.2) is 0 Å². The Hall–Kier alpha value is -2.11. The Labute approximate surface area is 133 Å². The highest BCUT2D eigenvalue weighted by molar-refractivity contribution is 7.99. The van der Waals surface area contributed by atoms with Crippen molar-refractivity contribution in [1.82, 2.24) is 10.2 Å². The summed E-state index contributed by atoms with van der Waals surface area (Å²) in [4.78, 5) is 0. The molecule has 5 heteroatoms. The monoisotopic (exact) mass is 312 g/mol. The van der Waals surface area contributed by atoms with Crippen LogP contribution in [0.25, 0.3) is 10.8 Å². The van der Waals surface area contributed by atoms with Gasteiger partial charge in [0, 0.05) is 16.5 Å². The van der Waals surface area contributed by atoms with Crippen molar-refractivity contribution in [2.24, 2.45) is 0 Å². The van der Waals surface area contributed by atoms with Crippen molar-refractivity contribution in [1.29, 1.82) is 0 Å². The third-order valence-electron chi connectivity index (χ3n) is 3.13. The minimum absolute atomic E-state index is 0.259. The van der Waals surface area contributed by atoms with E-state index in [2.05, 4.69) is 10.2 Å². The quantitative estimate of drug-likeness (QED) is 0.709. The molecule has 22 heavy (non-hydrogen) atoms. The Bertz CT molecular complexity index is 732. The first-order valence-electron chi connectivity index (χ1n) is 7.02. The number of ether oxygens (including phenoxy) is 1. The minimum Gasteiger partial charge on any atom is -0.491 e. The summed E-state index contributed by atoms with van der Waals surface area (Å²) in [6.45, 7) is 0.259. The fourth-order valence-corrected chi connectivity index (χ4v) is 2.93. The van der Waals surface area contributed by atoms with E-state index >= 15 is 0 Å². The zero-order chi connectivity index (χ0) is 15.2. The van der Waals surface area contributed by atoms with Crippen molar-refractivity contribution in [2.45, 2.75) is 11.1 Å². The first-order valence-corrected chi connectivity index (χ1v) is 8.00. The normalized spacial score (nSPS) is 12.2. The maximum absolute atomic E-state index is 10.0. The van der Waals surface area contributed by atoms with Gasteiger partial charge in [-0.3, -0.25) is 0 Å². The Morgan fingerprint density at radius 3 is 2.68 bits per heavy atom. The lowest BCUT2D eigenvalue weighted by atomic mass is 10.2. The van der Waals surface area contributed by atoms with Crippen molar-refractivity contribution in [2.75, 3.05) is 12.4 Å². The van der Waals surface area contributed by atoms with E-state index in [-0.39, 0.29) is 6.61 Å². The number of hydrogen-bond acceptors (Lipinski definition) is 5. The van der Waals surface area contributed by atoms with Crippen LogP contribution in [-0.2, 0) is 0 Å². The molecular weight excluding hydrogens is 296 g/mol. The van der Waals surface area contributed by atoms with E-state index in [0.717, 1.165) is 21.5 Å². The van der Waals surface area contributed by atoms with Crippen LogP contribution < -0.4 is 4.74 Å². The average Bonchev–Trinajstić information content (AvgIpc) is 2.59. The number of benzene rings is 2. The van der Waals surface area contributed by atoms with Gasteiger partial charge in [0.05, 0.1) is 12.3 Å². The fraction of sp³-hybridized carbons (Fsp3) is 0.176. The van der Waals surface area contributed by atoms with Gasteiger partial charge in [0.2, 0.25) is 0 Å². The van der Waals surface area contributed by atoms with Crippen molar-refractivity contribution in [3.63, 3.8) is 0 Å². The van der Waals surface area contributed by atoms with Gasteiger partial charge < -0.3 is 9.84 Å². The van der Waals surface area contributed by atoms with Crippen LogP contribution in [0.5, 0.6) is 5.75 Å². The summed E-state index contributed by atoms with van der Waals surface area (Å²) in [7, 11) is 0. The van der Waals surface area contributed by atoms with E-state index in [0.29, 0.717) is 5.75 Å². The lowest BCUT2D eigenvalue weighted by molar-refractivity contribution is 0.126. The molecule has 1 atom stereocenters. The van der Waals surface area contributed by atoms with E-state index in [1.165, 1.54) is 11.8 Å². The maximum Gasteiger partial charge on any atom is 0.127 e. The molecule has 0 saturated heterocycles. The molecule has 3 aromatic rings. The average molecular weight is 312 g/mol.